The first-order valence-electron chi connectivity index (χ1n) is 4.41. The van der Waals surface area contributed by atoms with Gasteiger partial charge in [0.15, 0.2) is 8.93 Å². The Balaban J connectivity index is 1.98. The summed E-state index contributed by atoms with van der Waals surface area (Å²) in [6, 6.07) is 0. The van der Waals surface area contributed by atoms with E-state index in [1.165, 1.54) is 22.7 Å². The SMILES string of the molecule is Clc1ncc(-c2cnc(-c3cnc(Cl)s3)s2)s1. The molecule has 0 aromatic carbocycles. The van der Waals surface area contributed by atoms with Crippen molar-refractivity contribution < 1.29 is 0 Å². The molecule has 3 aromatic heterocycles. The Morgan fingerprint density at radius 3 is 1.82 bits per heavy atom. The quantitative estimate of drug-likeness (QED) is 0.687. The fourth-order valence-corrected chi connectivity index (χ4v) is 4.12. The lowest BCUT2D eigenvalue weighted by molar-refractivity contribution is 1.39. The molecule has 0 unspecified atom stereocenters. The first kappa shape index (κ1) is 11.6. The van der Waals surface area contributed by atoms with E-state index in [-0.39, 0.29) is 0 Å². The molecule has 0 spiro atoms. The molecule has 0 atom stereocenters. The zero-order valence-electron chi connectivity index (χ0n) is 8.05. The lowest BCUT2D eigenvalue weighted by Gasteiger charge is -1.86. The minimum atomic E-state index is 0.526. The van der Waals surface area contributed by atoms with Gasteiger partial charge in [-0.1, -0.05) is 34.5 Å². The van der Waals surface area contributed by atoms with Gasteiger partial charge in [-0.05, 0) is 0 Å². The van der Waals surface area contributed by atoms with Crippen LogP contribution >= 0.6 is 57.2 Å². The van der Waals surface area contributed by atoms with Gasteiger partial charge >= 0.3 is 0 Å². The summed E-state index contributed by atoms with van der Waals surface area (Å²) in [4.78, 5) is 15.4. The number of halogens is 2. The van der Waals surface area contributed by atoms with Crippen molar-refractivity contribution in [2.45, 2.75) is 0 Å². The summed E-state index contributed by atoms with van der Waals surface area (Å²) in [5, 5.41) is 0.911. The van der Waals surface area contributed by atoms with Crippen molar-refractivity contribution in [2.75, 3.05) is 0 Å². The van der Waals surface area contributed by atoms with Gasteiger partial charge in [-0.3, -0.25) is 0 Å². The van der Waals surface area contributed by atoms with E-state index in [0.29, 0.717) is 8.93 Å². The molecule has 0 N–H and O–H groups in total. The first-order chi connectivity index (χ1) is 8.22. The second-order valence-electron chi connectivity index (χ2n) is 2.98. The van der Waals surface area contributed by atoms with Crippen molar-refractivity contribution >= 4 is 57.2 Å². The minimum absolute atomic E-state index is 0.526. The van der Waals surface area contributed by atoms with E-state index in [4.69, 9.17) is 23.2 Å². The number of thiazole rings is 3. The highest BCUT2D eigenvalue weighted by atomic mass is 35.5. The highest BCUT2D eigenvalue weighted by Gasteiger charge is 2.11. The van der Waals surface area contributed by atoms with Gasteiger partial charge in [0.1, 0.15) is 5.01 Å². The summed E-state index contributed by atoms with van der Waals surface area (Å²) in [6.07, 6.45) is 5.30. The Labute approximate surface area is 119 Å². The molecule has 0 saturated carbocycles. The highest BCUT2D eigenvalue weighted by molar-refractivity contribution is 7.27. The Hall–Kier alpha value is -0.530. The zero-order valence-corrected chi connectivity index (χ0v) is 12.0. The Morgan fingerprint density at radius 1 is 0.706 bits per heavy atom. The van der Waals surface area contributed by atoms with E-state index in [1.54, 1.807) is 23.7 Å². The first-order valence-corrected chi connectivity index (χ1v) is 7.62. The molecular weight excluding hydrogens is 317 g/mol. The summed E-state index contributed by atoms with van der Waals surface area (Å²) in [5.41, 5.74) is 0. The highest BCUT2D eigenvalue weighted by Crippen LogP contribution is 2.38. The van der Waals surface area contributed by atoms with Crippen molar-refractivity contribution in [1.82, 2.24) is 15.0 Å². The number of hydrogen-bond donors (Lipinski definition) is 0. The Morgan fingerprint density at radius 2 is 1.24 bits per heavy atom. The van der Waals surface area contributed by atoms with E-state index in [1.807, 2.05) is 6.20 Å². The normalized spacial score (nSPS) is 10.9. The van der Waals surface area contributed by atoms with E-state index in [9.17, 15) is 0 Å². The number of rotatable bonds is 2. The summed E-state index contributed by atoms with van der Waals surface area (Å²) in [5.74, 6) is 0. The smallest absolute Gasteiger partial charge is 0.184 e. The molecule has 0 bridgehead atoms. The van der Waals surface area contributed by atoms with Crippen LogP contribution in [0.4, 0.5) is 0 Å². The second kappa shape index (κ2) is 4.62. The molecule has 17 heavy (non-hydrogen) atoms. The second-order valence-corrected chi connectivity index (χ2v) is 7.24. The van der Waals surface area contributed by atoms with Gasteiger partial charge in [0.05, 0.1) is 14.6 Å². The molecule has 0 aliphatic heterocycles. The molecule has 3 nitrogen and oxygen atoms in total. The third kappa shape index (κ3) is 2.36. The van der Waals surface area contributed by atoms with Crippen LogP contribution in [0.25, 0.3) is 19.6 Å². The van der Waals surface area contributed by atoms with Crippen LogP contribution in [0.3, 0.4) is 0 Å². The van der Waals surface area contributed by atoms with Crippen LogP contribution in [-0.4, -0.2) is 15.0 Å². The maximum Gasteiger partial charge on any atom is 0.184 e. The zero-order chi connectivity index (χ0) is 11.8. The van der Waals surface area contributed by atoms with Crippen LogP contribution < -0.4 is 0 Å². The lowest BCUT2D eigenvalue weighted by atomic mass is 10.5. The van der Waals surface area contributed by atoms with Crippen molar-refractivity contribution in [1.29, 1.82) is 0 Å². The standard InChI is InChI=1S/C9H3Cl2N3S3/c10-8-13-2-5(16-8)4-1-12-7(15-4)6-3-14-9(11)17-6/h1-3H. The van der Waals surface area contributed by atoms with E-state index < -0.39 is 0 Å². The molecule has 3 heterocycles. The van der Waals surface area contributed by atoms with Crippen molar-refractivity contribution in [3.63, 3.8) is 0 Å². The maximum absolute atomic E-state index is 5.80. The van der Waals surface area contributed by atoms with Crippen LogP contribution in [0.5, 0.6) is 0 Å². The van der Waals surface area contributed by atoms with Crippen molar-refractivity contribution in [2.24, 2.45) is 0 Å². The predicted octanol–water partition coefficient (Wildman–Crippen LogP) is 4.70. The Kier molecular flexibility index (Phi) is 3.14. The van der Waals surface area contributed by atoms with Crippen LogP contribution in [0.15, 0.2) is 18.6 Å². The van der Waals surface area contributed by atoms with Crippen LogP contribution in [0, 0.1) is 0 Å². The molecule has 0 aliphatic rings. The molecule has 0 radical (unpaired) electrons. The Bertz CT molecular complexity index is 603. The largest absolute Gasteiger partial charge is 0.243 e. The predicted molar refractivity (Wildman–Crippen MR) is 74.4 cm³/mol. The van der Waals surface area contributed by atoms with Crippen LogP contribution in [0.2, 0.25) is 8.93 Å². The summed E-state index contributed by atoms with van der Waals surface area (Å²) in [7, 11) is 0. The van der Waals surface area contributed by atoms with Gasteiger partial charge in [-0.15, -0.1) is 22.7 Å². The van der Waals surface area contributed by atoms with E-state index >= 15 is 0 Å². The molecule has 0 amide bonds. The van der Waals surface area contributed by atoms with Crippen LogP contribution in [0.1, 0.15) is 0 Å². The monoisotopic (exact) mass is 319 g/mol. The number of nitrogens with zero attached hydrogens (tertiary/aromatic N) is 3. The van der Waals surface area contributed by atoms with Gasteiger partial charge in [-0.2, -0.15) is 0 Å². The third-order valence-corrected chi connectivity index (χ3v) is 5.51. The average Bonchev–Trinajstić information content (AvgIpc) is 2.96. The molecule has 0 fully saturated rings. The fourth-order valence-electron chi connectivity index (χ4n) is 1.22. The molecule has 86 valence electrons. The van der Waals surface area contributed by atoms with E-state index in [0.717, 1.165) is 19.6 Å². The molecule has 3 rings (SSSR count). The molecule has 0 saturated heterocycles. The average molecular weight is 320 g/mol. The van der Waals surface area contributed by atoms with Gasteiger partial charge < -0.3 is 0 Å². The maximum atomic E-state index is 5.80. The molecular formula is C9H3Cl2N3S3. The molecule has 3 aromatic rings. The molecule has 0 aliphatic carbocycles. The minimum Gasteiger partial charge on any atom is -0.243 e. The van der Waals surface area contributed by atoms with Gasteiger partial charge in [0.25, 0.3) is 0 Å². The molecule has 8 heteroatoms. The van der Waals surface area contributed by atoms with Crippen LogP contribution in [-0.2, 0) is 0 Å². The van der Waals surface area contributed by atoms with Gasteiger partial charge in [-0.25, -0.2) is 15.0 Å². The van der Waals surface area contributed by atoms with Gasteiger partial charge in [0, 0.05) is 18.6 Å². The van der Waals surface area contributed by atoms with Crippen molar-refractivity contribution in [3.05, 3.63) is 27.5 Å². The lowest BCUT2D eigenvalue weighted by Crippen LogP contribution is -1.64. The van der Waals surface area contributed by atoms with E-state index in [2.05, 4.69) is 15.0 Å². The number of aromatic nitrogens is 3. The summed E-state index contributed by atoms with van der Waals surface area (Å²) in [6.45, 7) is 0. The van der Waals surface area contributed by atoms with Crippen molar-refractivity contribution in [3.8, 4) is 19.6 Å². The summed E-state index contributed by atoms with van der Waals surface area (Å²) < 4.78 is 1.06. The third-order valence-electron chi connectivity index (χ3n) is 1.91. The fraction of sp³-hybridized carbons (Fsp3) is 0. The van der Waals surface area contributed by atoms with Gasteiger partial charge in [0.2, 0.25) is 0 Å². The number of hydrogen-bond acceptors (Lipinski definition) is 6. The topological polar surface area (TPSA) is 38.7 Å². The summed E-state index contributed by atoms with van der Waals surface area (Å²) >= 11 is 16.0.